The van der Waals surface area contributed by atoms with Gasteiger partial charge in [-0.2, -0.15) is 10.5 Å². The summed E-state index contributed by atoms with van der Waals surface area (Å²) in [6, 6.07) is 11.5. The van der Waals surface area contributed by atoms with Gasteiger partial charge in [0, 0.05) is 6.42 Å². The van der Waals surface area contributed by atoms with Crippen molar-refractivity contribution >= 4 is 9.84 Å². The van der Waals surface area contributed by atoms with Gasteiger partial charge >= 0.3 is 0 Å². The molecule has 1 aliphatic carbocycles. The van der Waals surface area contributed by atoms with Crippen LogP contribution in [0.1, 0.15) is 6.42 Å². The average Bonchev–Trinajstić information content (AvgIpc) is 3.06. The minimum Gasteiger partial charge on any atom is -0.223 e. The Labute approximate surface area is 93.7 Å². The van der Waals surface area contributed by atoms with Crippen molar-refractivity contribution in [2.75, 3.05) is 0 Å². The van der Waals surface area contributed by atoms with E-state index in [0.29, 0.717) is 0 Å². The topological polar surface area (TPSA) is 81.7 Å². The van der Waals surface area contributed by atoms with E-state index in [-0.39, 0.29) is 11.3 Å². The molecule has 1 aromatic rings. The molecule has 5 heteroatoms. The lowest BCUT2D eigenvalue weighted by molar-refractivity contribution is 0.591. The fraction of sp³-hybridized carbons (Fsp3) is 0.273. The van der Waals surface area contributed by atoms with Crippen LogP contribution in [0.25, 0.3) is 0 Å². The SMILES string of the molecule is N#CC1(C#N)CC1S(=O)(=O)c1ccccc1. The van der Waals surface area contributed by atoms with E-state index in [1.807, 2.05) is 0 Å². The first-order valence-electron chi connectivity index (χ1n) is 4.68. The maximum Gasteiger partial charge on any atom is 0.183 e. The smallest absolute Gasteiger partial charge is 0.183 e. The molecule has 1 saturated carbocycles. The Balaban J connectivity index is 2.40. The standard InChI is InChI=1S/C11H8N2O2S/c12-7-11(8-13)6-10(11)16(14,15)9-4-2-1-3-5-9/h1-5,10H,6H2. The van der Waals surface area contributed by atoms with Crippen molar-refractivity contribution in [3.63, 3.8) is 0 Å². The Bertz CT molecular complexity index is 579. The molecule has 0 amide bonds. The third-order valence-corrected chi connectivity index (χ3v) is 4.99. The normalized spacial score (nSPS) is 21.8. The predicted molar refractivity (Wildman–Crippen MR) is 55.7 cm³/mol. The molecule has 1 aromatic carbocycles. The molecule has 1 atom stereocenters. The molecular formula is C11H8N2O2S. The van der Waals surface area contributed by atoms with Gasteiger partial charge in [0.2, 0.25) is 0 Å². The zero-order chi connectivity index (χ0) is 11.8. The molecule has 1 fully saturated rings. The molecule has 0 N–H and O–H groups in total. The highest BCUT2D eigenvalue weighted by atomic mass is 32.2. The summed E-state index contributed by atoms with van der Waals surface area (Å²) in [5.41, 5.74) is -1.34. The van der Waals surface area contributed by atoms with Crippen LogP contribution in [0.2, 0.25) is 0 Å². The summed E-state index contributed by atoms with van der Waals surface area (Å²) in [4.78, 5) is 0.173. The summed E-state index contributed by atoms with van der Waals surface area (Å²) in [5.74, 6) is 0. The van der Waals surface area contributed by atoms with E-state index in [9.17, 15) is 8.42 Å². The first kappa shape index (κ1) is 10.7. The molecule has 0 aromatic heterocycles. The van der Waals surface area contributed by atoms with Crippen LogP contribution >= 0.6 is 0 Å². The van der Waals surface area contributed by atoms with Gasteiger partial charge in [0.25, 0.3) is 0 Å². The van der Waals surface area contributed by atoms with Crippen molar-refractivity contribution in [3.8, 4) is 12.1 Å². The van der Waals surface area contributed by atoms with Gasteiger partial charge in [-0.1, -0.05) is 18.2 Å². The summed E-state index contributed by atoms with van der Waals surface area (Å²) >= 11 is 0. The molecular weight excluding hydrogens is 224 g/mol. The van der Waals surface area contributed by atoms with Crippen LogP contribution in [-0.4, -0.2) is 13.7 Å². The summed E-state index contributed by atoms with van der Waals surface area (Å²) in [6.45, 7) is 0. The van der Waals surface area contributed by atoms with Crippen LogP contribution in [0.4, 0.5) is 0 Å². The van der Waals surface area contributed by atoms with Gasteiger partial charge in [-0.25, -0.2) is 8.42 Å². The van der Waals surface area contributed by atoms with Gasteiger partial charge < -0.3 is 0 Å². The van der Waals surface area contributed by atoms with E-state index >= 15 is 0 Å². The molecule has 1 aliphatic rings. The second-order valence-corrected chi connectivity index (χ2v) is 5.88. The quantitative estimate of drug-likeness (QED) is 0.768. The number of benzene rings is 1. The third kappa shape index (κ3) is 1.37. The van der Waals surface area contributed by atoms with Crippen molar-refractivity contribution in [1.82, 2.24) is 0 Å². The van der Waals surface area contributed by atoms with Gasteiger partial charge in [0.05, 0.1) is 17.0 Å². The summed E-state index contributed by atoms with van der Waals surface area (Å²) in [5, 5.41) is 16.7. The number of sulfone groups is 1. The minimum absolute atomic E-state index is 0.108. The first-order chi connectivity index (χ1) is 7.57. The molecule has 1 unspecified atom stereocenters. The highest BCUT2D eigenvalue weighted by molar-refractivity contribution is 7.92. The Morgan fingerprint density at radius 2 is 1.75 bits per heavy atom. The monoisotopic (exact) mass is 232 g/mol. The second-order valence-electron chi connectivity index (χ2n) is 3.75. The highest BCUT2D eigenvalue weighted by Gasteiger charge is 2.63. The molecule has 0 heterocycles. The molecule has 0 aliphatic heterocycles. The second kappa shape index (κ2) is 3.33. The molecule has 4 nitrogen and oxygen atoms in total. The molecule has 0 radical (unpaired) electrons. The van der Waals surface area contributed by atoms with E-state index in [1.54, 1.807) is 30.3 Å². The van der Waals surface area contributed by atoms with E-state index in [1.165, 1.54) is 12.1 Å². The number of hydrogen-bond acceptors (Lipinski definition) is 4. The van der Waals surface area contributed by atoms with Crippen molar-refractivity contribution in [1.29, 1.82) is 10.5 Å². The van der Waals surface area contributed by atoms with E-state index in [2.05, 4.69) is 0 Å². The fourth-order valence-electron chi connectivity index (χ4n) is 1.64. The zero-order valence-electron chi connectivity index (χ0n) is 8.29. The van der Waals surface area contributed by atoms with Crippen LogP contribution in [0.5, 0.6) is 0 Å². The van der Waals surface area contributed by atoms with E-state index in [4.69, 9.17) is 10.5 Å². The molecule has 0 spiro atoms. The zero-order valence-corrected chi connectivity index (χ0v) is 9.11. The van der Waals surface area contributed by atoms with Crippen molar-refractivity contribution in [2.24, 2.45) is 5.41 Å². The lowest BCUT2D eigenvalue weighted by Gasteiger charge is -2.02. The maximum atomic E-state index is 12.0. The number of nitrogens with zero attached hydrogens (tertiary/aromatic N) is 2. The Morgan fingerprint density at radius 3 is 2.19 bits per heavy atom. The van der Waals surface area contributed by atoms with Crippen LogP contribution in [-0.2, 0) is 9.84 Å². The summed E-state index contributed by atoms with van der Waals surface area (Å²) < 4.78 is 24.1. The number of nitriles is 2. The van der Waals surface area contributed by atoms with Crippen LogP contribution in [0.3, 0.4) is 0 Å². The highest BCUT2D eigenvalue weighted by Crippen LogP contribution is 2.51. The lowest BCUT2D eigenvalue weighted by atomic mass is 10.2. The van der Waals surface area contributed by atoms with E-state index in [0.717, 1.165) is 0 Å². The third-order valence-electron chi connectivity index (χ3n) is 2.74. The van der Waals surface area contributed by atoms with Crippen LogP contribution in [0, 0.1) is 28.1 Å². The van der Waals surface area contributed by atoms with Gasteiger partial charge in [0.1, 0.15) is 5.25 Å². The van der Waals surface area contributed by atoms with Gasteiger partial charge in [-0.05, 0) is 12.1 Å². The molecule has 2 rings (SSSR count). The first-order valence-corrected chi connectivity index (χ1v) is 6.23. The van der Waals surface area contributed by atoms with Crippen molar-refractivity contribution in [2.45, 2.75) is 16.6 Å². The number of rotatable bonds is 2. The summed E-state index contributed by atoms with van der Waals surface area (Å²) in [7, 11) is -3.54. The van der Waals surface area contributed by atoms with Gasteiger partial charge in [0.15, 0.2) is 15.3 Å². The fourth-order valence-corrected chi connectivity index (χ4v) is 3.63. The Kier molecular flexibility index (Phi) is 2.22. The number of hydrogen-bond donors (Lipinski definition) is 0. The maximum absolute atomic E-state index is 12.0. The minimum atomic E-state index is -3.54. The predicted octanol–water partition coefficient (Wildman–Crippen LogP) is 1.27. The van der Waals surface area contributed by atoms with Gasteiger partial charge in [-0.15, -0.1) is 0 Å². The average molecular weight is 232 g/mol. The Morgan fingerprint density at radius 1 is 1.19 bits per heavy atom. The van der Waals surface area contributed by atoms with Crippen LogP contribution in [0.15, 0.2) is 35.2 Å². The molecule has 0 bridgehead atoms. The molecule has 16 heavy (non-hydrogen) atoms. The molecule has 80 valence electrons. The van der Waals surface area contributed by atoms with Gasteiger partial charge in [-0.3, -0.25) is 0 Å². The Hall–Kier alpha value is -1.85. The van der Waals surface area contributed by atoms with Crippen molar-refractivity contribution in [3.05, 3.63) is 30.3 Å². The largest absolute Gasteiger partial charge is 0.223 e. The van der Waals surface area contributed by atoms with Crippen LogP contribution < -0.4 is 0 Å². The summed E-state index contributed by atoms with van der Waals surface area (Å²) in [6.07, 6.45) is 0.108. The molecule has 0 saturated heterocycles. The van der Waals surface area contributed by atoms with Crippen molar-refractivity contribution < 1.29 is 8.42 Å². The van der Waals surface area contributed by atoms with E-state index < -0.39 is 20.5 Å². The lowest BCUT2D eigenvalue weighted by Crippen LogP contribution is -2.14.